The zero-order valence-corrected chi connectivity index (χ0v) is 20.3. The molecule has 1 atom stereocenters. The van der Waals surface area contributed by atoms with Gasteiger partial charge in [0.15, 0.2) is 5.78 Å². The zero-order valence-electron chi connectivity index (χ0n) is 19.6. The number of Topliss-reactive ketones (excluding diaryl/α,β-unsaturated/α-hetero) is 1. The van der Waals surface area contributed by atoms with E-state index in [1.54, 1.807) is 26.4 Å². The van der Waals surface area contributed by atoms with E-state index in [0.717, 1.165) is 27.1 Å². The van der Waals surface area contributed by atoms with Gasteiger partial charge in [-0.15, -0.1) is 0 Å². The number of aromatic nitrogens is 1. The van der Waals surface area contributed by atoms with E-state index in [1.165, 1.54) is 4.90 Å². The summed E-state index contributed by atoms with van der Waals surface area (Å²) in [5.41, 5.74) is 4.81. The van der Waals surface area contributed by atoms with E-state index in [-0.39, 0.29) is 11.7 Å². The number of rotatable bonds is 8. The number of nitrogens with one attached hydrogen (secondary N) is 2. The fraction of sp³-hybridized carbons (Fsp3) is 0.214. The molecule has 0 radical (unpaired) electrons. The predicted molar refractivity (Wildman–Crippen MR) is 138 cm³/mol. The molecule has 34 heavy (non-hydrogen) atoms. The Bertz CT molecular complexity index is 1330. The van der Waals surface area contributed by atoms with E-state index in [9.17, 15) is 9.59 Å². The van der Waals surface area contributed by atoms with Gasteiger partial charge in [0.25, 0.3) is 5.91 Å². The quantitative estimate of drug-likeness (QED) is 0.328. The van der Waals surface area contributed by atoms with Crippen LogP contribution in [0.2, 0.25) is 5.02 Å². The lowest BCUT2D eigenvalue weighted by Gasteiger charge is -2.18. The van der Waals surface area contributed by atoms with Crippen molar-refractivity contribution in [3.8, 4) is 0 Å². The second-order valence-electron chi connectivity index (χ2n) is 8.64. The summed E-state index contributed by atoms with van der Waals surface area (Å²) in [5, 5.41) is 4.91. The summed E-state index contributed by atoms with van der Waals surface area (Å²) in [4.78, 5) is 31.1. The fourth-order valence-corrected chi connectivity index (χ4v) is 4.48. The van der Waals surface area contributed by atoms with E-state index in [4.69, 9.17) is 11.6 Å². The minimum atomic E-state index is -0.530. The Balaban J connectivity index is 1.63. The van der Waals surface area contributed by atoms with Gasteiger partial charge >= 0.3 is 0 Å². The molecule has 174 valence electrons. The number of aromatic amines is 1. The van der Waals surface area contributed by atoms with Gasteiger partial charge in [0.05, 0.1) is 17.1 Å². The van der Waals surface area contributed by atoms with Crippen LogP contribution in [0.15, 0.2) is 72.9 Å². The number of carbonyl (C=O) groups is 2. The van der Waals surface area contributed by atoms with Crippen LogP contribution in [0, 0.1) is 6.92 Å². The number of fused-ring (bicyclic) bond motifs is 1. The number of nitrogens with zero attached hydrogens (tertiary/aromatic N) is 1. The summed E-state index contributed by atoms with van der Waals surface area (Å²) in [6, 6.07) is 20.6. The highest BCUT2D eigenvalue weighted by atomic mass is 35.5. The van der Waals surface area contributed by atoms with Crippen LogP contribution in [0.5, 0.6) is 0 Å². The van der Waals surface area contributed by atoms with Crippen molar-refractivity contribution in [2.45, 2.75) is 19.4 Å². The van der Waals surface area contributed by atoms with Crippen LogP contribution >= 0.6 is 11.6 Å². The van der Waals surface area contributed by atoms with Gasteiger partial charge in [-0.05, 0) is 42.2 Å². The van der Waals surface area contributed by atoms with Gasteiger partial charge in [0.2, 0.25) is 0 Å². The molecule has 5 nitrogen and oxygen atoms in total. The van der Waals surface area contributed by atoms with E-state index in [1.807, 2.05) is 67.6 Å². The van der Waals surface area contributed by atoms with Crippen molar-refractivity contribution in [3.63, 3.8) is 0 Å². The van der Waals surface area contributed by atoms with Crippen LogP contribution in [0.4, 0.5) is 0 Å². The number of benzene rings is 3. The summed E-state index contributed by atoms with van der Waals surface area (Å²) in [7, 11) is 3.43. The van der Waals surface area contributed by atoms with Gasteiger partial charge in [0, 0.05) is 42.8 Å². The average molecular weight is 474 g/mol. The third kappa shape index (κ3) is 4.91. The number of ketones is 1. The van der Waals surface area contributed by atoms with Crippen molar-refractivity contribution >= 4 is 34.2 Å². The first-order valence-corrected chi connectivity index (χ1v) is 11.6. The smallest absolute Gasteiger partial charge is 0.255 e. The maximum Gasteiger partial charge on any atom is 0.255 e. The third-order valence-corrected chi connectivity index (χ3v) is 6.32. The maximum absolute atomic E-state index is 13.8. The number of hydrogen-bond acceptors (Lipinski definition) is 3. The van der Waals surface area contributed by atoms with Gasteiger partial charge in [-0.25, -0.2) is 0 Å². The molecule has 0 unspecified atom stereocenters. The molecule has 6 heteroatoms. The summed E-state index contributed by atoms with van der Waals surface area (Å²) in [6.07, 6.45) is 2.40. The van der Waals surface area contributed by atoms with Crippen LogP contribution in [0.1, 0.15) is 43.4 Å². The second-order valence-corrected chi connectivity index (χ2v) is 9.04. The Morgan fingerprint density at radius 1 is 1.00 bits per heavy atom. The van der Waals surface area contributed by atoms with Gasteiger partial charge in [0.1, 0.15) is 0 Å². The van der Waals surface area contributed by atoms with Crippen LogP contribution in [-0.2, 0) is 6.42 Å². The Labute approximate surface area is 204 Å². The zero-order chi connectivity index (χ0) is 24.2. The highest BCUT2D eigenvalue weighted by Crippen LogP contribution is 2.27. The lowest BCUT2D eigenvalue weighted by molar-refractivity contribution is 0.0828. The molecular formula is C28H28ClN3O2. The van der Waals surface area contributed by atoms with E-state index in [2.05, 4.69) is 10.3 Å². The molecule has 2 N–H and O–H groups in total. The summed E-state index contributed by atoms with van der Waals surface area (Å²) < 4.78 is 0. The Morgan fingerprint density at radius 3 is 2.47 bits per heavy atom. The number of amides is 1. The van der Waals surface area contributed by atoms with Crippen molar-refractivity contribution in [2.75, 3.05) is 20.6 Å². The van der Waals surface area contributed by atoms with Crippen molar-refractivity contribution in [1.29, 1.82) is 0 Å². The third-order valence-electron chi connectivity index (χ3n) is 5.96. The highest BCUT2D eigenvalue weighted by Gasteiger charge is 2.25. The lowest BCUT2D eigenvalue weighted by atomic mass is 9.96. The Hall–Kier alpha value is -3.41. The minimum absolute atomic E-state index is 0.0538. The summed E-state index contributed by atoms with van der Waals surface area (Å²) in [6.45, 7) is 2.59. The molecule has 0 aliphatic heterocycles. The van der Waals surface area contributed by atoms with E-state index < -0.39 is 6.04 Å². The molecule has 0 saturated carbocycles. The summed E-state index contributed by atoms with van der Waals surface area (Å²) >= 11 is 6.40. The molecule has 4 rings (SSSR count). The first-order valence-electron chi connectivity index (χ1n) is 11.3. The van der Waals surface area contributed by atoms with Crippen LogP contribution in [-0.4, -0.2) is 42.2 Å². The number of aryl methyl sites for hydroxylation is 1. The molecule has 0 aliphatic rings. The van der Waals surface area contributed by atoms with Crippen LogP contribution in [0.25, 0.3) is 10.9 Å². The van der Waals surface area contributed by atoms with E-state index >= 15 is 0 Å². The standard InChI is InChI=1S/C28H28ClN3O2/c1-18-12-13-19(24(29)16-18)14-15-30-25(20-8-5-4-6-9-20)27(33)23-17-31-26-21(23)10-7-11-22(26)28(34)32(2)3/h4-13,16-17,25,30-31H,14-15H2,1-3H3/t25-/m1/s1. The molecular weight excluding hydrogens is 446 g/mol. The number of para-hydroxylation sites is 1. The number of H-pyrrole nitrogens is 1. The van der Waals surface area contributed by atoms with Crippen molar-refractivity contribution in [3.05, 3.63) is 106 Å². The minimum Gasteiger partial charge on any atom is -0.360 e. The molecule has 1 heterocycles. The largest absolute Gasteiger partial charge is 0.360 e. The number of halogens is 1. The monoisotopic (exact) mass is 473 g/mol. The average Bonchev–Trinajstić information content (AvgIpc) is 3.27. The fourth-order valence-electron chi connectivity index (χ4n) is 4.15. The van der Waals surface area contributed by atoms with Crippen LogP contribution in [0.3, 0.4) is 0 Å². The number of hydrogen-bond donors (Lipinski definition) is 2. The number of carbonyl (C=O) groups excluding carboxylic acids is 2. The summed E-state index contributed by atoms with van der Waals surface area (Å²) in [5.74, 6) is -0.166. The molecule has 0 bridgehead atoms. The molecule has 0 spiro atoms. The van der Waals surface area contributed by atoms with E-state index in [0.29, 0.717) is 29.6 Å². The van der Waals surface area contributed by atoms with Crippen LogP contribution < -0.4 is 5.32 Å². The van der Waals surface area contributed by atoms with Gasteiger partial charge in [-0.2, -0.15) is 0 Å². The molecule has 3 aromatic carbocycles. The second kappa shape index (κ2) is 10.2. The molecule has 4 aromatic rings. The predicted octanol–water partition coefficient (Wildman–Crippen LogP) is 5.59. The molecule has 0 aliphatic carbocycles. The van der Waals surface area contributed by atoms with Gasteiger partial charge in [-0.1, -0.05) is 66.2 Å². The Kier molecular flexibility index (Phi) is 7.15. The lowest BCUT2D eigenvalue weighted by Crippen LogP contribution is -2.30. The molecule has 0 fully saturated rings. The van der Waals surface area contributed by atoms with Gasteiger partial charge < -0.3 is 15.2 Å². The van der Waals surface area contributed by atoms with Gasteiger partial charge in [-0.3, -0.25) is 9.59 Å². The Morgan fingerprint density at radius 2 is 1.76 bits per heavy atom. The highest BCUT2D eigenvalue weighted by molar-refractivity contribution is 6.31. The SMILES string of the molecule is Cc1ccc(CCN[C@@H](C(=O)c2c[nH]c3c(C(=O)N(C)C)cccc23)c2ccccc2)c(Cl)c1. The maximum atomic E-state index is 13.8. The topological polar surface area (TPSA) is 65.2 Å². The van der Waals surface area contributed by atoms with Crippen molar-refractivity contribution < 1.29 is 9.59 Å². The first kappa shape index (κ1) is 23.7. The van der Waals surface area contributed by atoms with Crippen molar-refractivity contribution in [1.82, 2.24) is 15.2 Å². The molecule has 1 amide bonds. The molecule has 0 saturated heterocycles. The first-order chi connectivity index (χ1) is 16.4. The normalized spacial score (nSPS) is 12.0. The molecule has 1 aromatic heterocycles. The van der Waals surface area contributed by atoms with Crippen molar-refractivity contribution in [2.24, 2.45) is 0 Å².